The van der Waals surface area contributed by atoms with Gasteiger partial charge in [-0.1, -0.05) is 0 Å². The fourth-order valence-corrected chi connectivity index (χ4v) is 1.72. The van der Waals surface area contributed by atoms with Gasteiger partial charge in [-0.2, -0.15) is 5.26 Å². The Morgan fingerprint density at radius 2 is 2.05 bits per heavy atom. The summed E-state index contributed by atoms with van der Waals surface area (Å²) in [4.78, 5) is 23.2. The summed E-state index contributed by atoms with van der Waals surface area (Å²) in [5.41, 5.74) is -0.311. The molecule has 1 rings (SSSR count). The van der Waals surface area contributed by atoms with E-state index in [1.54, 1.807) is 20.8 Å². The second kappa shape index (κ2) is 5.74. The largest absolute Gasteiger partial charge is 0.467 e. The van der Waals surface area contributed by atoms with Crippen LogP contribution in [0.3, 0.4) is 0 Å². The highest BCUT2D eigenvalue weighted by Gasteiger charge is 2.31. The Balaban J connectivity index is 2.86. The van der Waals surface area contributed by atoms with Gasteiger partial charge in [-0.05, 0) is 33.6 Å². The highest BCUT2D eigenvalue weighted by molar-refractivity contribution is 5.94. The molecule has 0 saturated carbocycles. The van der Waals surface area contributed by atoms with Crippen LogP contribution in [0.2, 0.25) is 0 Å². The Bertz CT molecular complexity index is 454. The second-order valence-electron chi connectivity index (χ2n) is 5.23. The van der Waals surface area contributed by atoms with Crippen molar-refractivity contribution < 1.29 is 19.1 Å². The summed E-state index contributed by atoms with van der Waals surface area (Å²) in [5.74, 6) is -1.08. The summed E-state index contributed by atoms with van der Waals surface area (Å²) >= 11 is 0. The van der Waals surface area contributed by atoms with E-state index in [9.17, 15) is 9.59 Å². The number of carbonyl (C=O) groups is 2. The van der Waals surface area contributed by atoms with Gasteiger partial charge in [0.2, 0.25) is 0 Å². The molecule has 0 unspecified atom stereocenters. The predicted octanol–water partition coefficient (Wildman–Crippen LogP) is 1.03. The first-order chi connectivity index (χ1) is 8.78. The second-order valence-corrected chi connectivity index (χ2v) is 5.23. The fraction of sp³-hybridized carbons (Fsp3) is 0.615. The molecule has 1 N–H and O–H groups in total. The maximum atomic E-state index is 11.9. The molecule has 0 aromatic rings. The Kier molecular flexibility index (Phi) is 4.54. The minimum atomic E-state index is -0.678. The van der Waals surface area contributed by atoms with E-state index in [0.717, 1.165) is 0 Å². The lowest BCUT2D eigenvalue weighted by atomic mass is 10.1. The minimum Gasteiger partial charge on any atom is -0.467 e. The molecule has 1 aliphatic rings. The number of nitriles is 1. The number of ether oxygens (including phenoxy) is 2. The molecule has 0 amide bonds. The SMILES string of the molecule is COC(=O)[C@H]1CC/C(=C(\C#N)C(=O)OC(C)(C)C)N1. The third-order valence-electron chi connectivity index (χ3n) is 2.53. The van der Waals surface area contributed by atoms with Crippen LogP contribution in [-0.4, -0.2) is 30.7 Å². The Hall–Kier alpha value is -2.03. The Labute approximate surface area is 112 Å². The standard InChI is InChI=1S/C13H18N2O4/c1-13(2,3)19-11(16)8(7-14)9-5-6-10(15-9)12(17)18-4/h10,15H,5-6H2,1-4H3/b9-8-/t10-/m1/s1. The third-order valence-corrected chi connectivity index (χ3v) is 2.53. The lowest BCUT2D eigenvalue weighted by molar-refractivity contribution is -0.149. The lowest BCUT2D eigenvalue weighted by Crippen LogP contribution is -2.32. The van der Waals surface area contributed by atoms with E-state index < -0.39 is 23.6 Å². The van der Waals surface area contributed by atoms with Crippen LogP contribution in [0.25, 0.3) is 0 Å². The van der Waals surface area contributed by atoms with Gasteiger partial charge in [-0.15, -0.1) is 0 Å². The van der Waals surface area contributed by atoms with E-state index in [0.29, 0.717) is 18.5 Å². The molecule has 0 bridgehead atoms. The monoisotopic (exact) mass is 266 g/mol. The summed E-state index contributed by atoms with van der Waals surface area (Å²) in [6, 6.07) is 1.33. The zero-order valence-electron chi connectivity index (χ0n) is 11.6. The van der Waals surface area contributed by atoms with E-state index in [2.05, 4.69) is 10.1 Å². The van der Waals surface area contributed by atoms with Crippen LogP contribution in [0.5, 0.6) is 0 Å². The van der Waals surface area contributed by atoms with Crippen molar-refractivity contribution in [3.63, 3.8) is 0 Å². The minimum absolute atomic E-state index is 0.0821. The summed E-state index contributed by atoms with van der Waals surface area (Å²) in [7, 11) is 1.30. The molecule has 19 heavy (non-hydrogen) atoms. The van der Waals surface area contributed by atoms with Gasteiger partial charge in [0, 0.05) is 5.70 Å². The number of carbonyl (C=O) groups excluding carboxylic acids is 2. The van der Waals surface area contributed by atoms with Crippen LogP contribution in [-0.2, 0) is 19.1 Å². The maximum Gasteiger partial charge on any atom is 0.351 e. The molecule has 1 fully saturated rings. The van der Waals surface area contributed by atoms with E-state index in [-0.39, 0.29) is 5.57 Å². The highest BCUT2D eigenvalue weighted by Crippen LogP contribution is 2.21. The van der Waals surface area contributed by atoms with Gasteiger partial charge in [0.15, 0.2) is 5.57 Å². The molecule has 6 nitrogen and oxygen atoms in total. The van der Waals surface area contributed by atoms with Crippen LogP contribution in [0, 0.1) is 11.3 Å². The van der Waals surface area contributed by atoms with E-state index in [1.807, 2.05) is 6.07 Å². The first-order valence-corrected chi connectivity index (χ1v) is 5.99. The molecule has 6 heteroatoms. The van der Waals surface area contributed by atoms with Crippen molar-refractivity contribution in [1.82, 2.24) is 5.32 Å². The van der Waals surface area contributed by atoms with Crippen LogP contribution < -0.4 is 5.32 Å². The molecular weight excluding hydrogens is 248 g/mol. The molecule has 1 atom stereocenters. The molecule has 1 heterocycles. The van der Waals surface area contributed by atoms with Crippen molar-refractivity contribution in [2.75, 3.05) is 7.11 Å². The van der Waals surface area contributed by atoms with Gasteiger partial charge in [-0.3, -0.25) is 0 Å². The van der Waals surface area contributed by atoms with Crippen molar-refractivity contribution in [2.45, 2.75) is 45.3 Å². The van der Waals surface area contributed by atoms with E-state index in [1.165, 1.54) is 7.11 Å². The molecule has 104 valence electrons. The smallest absolute Gasteiger partial charge is 0.351 e. The summed E-state index contributed by atoms with van der Waals surface area (Å²) < 4.78 is 9.76. The Morgan fingerprint density at radius 3 is 2.53 bits per heavy atom. The number of allylic oxidation sites excluding steroid dienone is 1. The molecular formula is C13H18N2O4. The zero-order chi connectivity index (χ0) is 14.6. The number of nitrogens with one attached hydrogen (secondary N) is 1. The number of hydrogen-bond donors (Lipinski definition) is 1. The average Bonchev–Trinajstić information content (AvgIpc) is 2.76. The molecule has 1 aliphatic heterocycles. The van der Waals surface area contributed by atoms with Gasteiger partial charge in [-0.25, -0.2) is 9.59 Å². The predicted molar refractivity (Wildman–Crippen MR) is 66.7 cm³/mol. The quantitative estimate of drug-likeness (QED) is 0.456. The van der Waals surface area contributed by atoms with Crippen LogP contribution >= 0.6 is 0 Å². The number of nitrogens with zero attached hydrogens (tertiary/aromatic N) is 1. The van der Waals surface area contributed by atoms with Crippen LogP contribution in [0.4, 0.5) is 0 Å². The highest BCUT2D eigenvalue weighted by atomic mass is 16.6. The van der Waals surface area contributed by atoms with Crippen molar-refractivity contribution in [2.24, 2.45) is 0 Å². The number of methoxy groups -OCH3 is 1. The number of rotatable bonds is 2. The molecule has 1 saturated heterocycles. The van der Waals surface area contributed by atoms with Crippen LogP contribution in [0.15, 0.2) is 11.3 Å². The summed E-state index contributed by atoms with van der Waals surface area (Å²) in [6.45, 7) is 5.18. The van der Waals surface area contributed by atoms with Gasteiger partial charge in [0.1, 0.15) is 17.7 Å². The molecule has 0 aliphatic carbocycles. The lowest BCUT2D eigenvalue weighted by Gasteiger charge is -2.19. The summed E-state index contributed by atoms with van der Waals surface area (Å²) in [5, 5.41) is 11.9. The normalized spacial score (nSPS) is 21.1. The van der Waals surface area contributed by atoms with Crippen molar-refractivity contribution in [1.29, 1.82) is 5.26 Å². The first kappa shape index (κ1) is 15.0. The Morgan fingerprint density at radius 1 is 1.42 bits per heavy atom. The third kappa shape index (κ3) is 3.98. The zero-order valence-corrected chi connectivity index (χ0v) is 11.6. The average molecular weight is 266 g/mol. The maximum absolute atomic E-state index is 11.9. The molecule has 0 aromatic carbocycles. The number of esters is 2. The molecule has 0 radical (unpaired) electrons. The van der Waals surface area contributed by atoms with Crippen molar-refractivity contribution in [3.8, 4) is 6.07 Å². The van der Waals surface area contributed by atoms with Gasteiger partial charge in [0.05, 0.1) is 7.11 Å². The van der Waals surface area contributed by atoms with Gasteiger partial charge >= 0.3 is 11.9 Å². The van der Waals surface area contributed by atoms with Gasteiger partial charge < -0.3 is 14.8 Å². The fourth-order valence-electron chi connectivity index (χ4n) is 1.72. The van der Waals surface area contributed by atoms with Crippen LogP contribution in [0.1, 0.15) is 33.6 Å². The number of hydrogen-bond acceptors (Lipinski definition) is 6. The van der Waals surface area contributed by atoms with Crippen molar-refractivity contribution >= 4 is 11.9 Å². The van der Waals surface area contributed by atoms with E-state index >= 15 is 0 Å². The first-order valence-electron chi connectivity index (χ1n) is 5.99. The van der Waals surface area contributed by atoms with Crippen molar-refractivity contribution in [3.05, 3.63) is 11.3 Å². The summed E-state index contributed by atoms with van der Waals surface area (Å²) in [6.07, 6.45) is 0.942. The molecule has 0 spiro atoms. The van der Waals surface area contributed by atoms with Gasteiger partial charge in [0.25, 0.3) is 0 Å². The molecule has 0 aromatic heterocycles. The topological polar surface area (TPSA) is 88.4 Å². The van der Waals surface area contributed by atoms with E-state index in [4.69, 9.17) is 10.00 Å².